The number of hydrogen-bond donors (Lipinski definition) is 2. The Morgan fingerprint density at radius 1 is 0.964 bits per heavy atom. The van der Waals surface area contributed by atoms with Crippen molar-refractivity contribution in [3.05, 3.63) is 40.7 Å². The van der Waals surface area contributed by atoms with Gasteiger partial charge in [0.05, 0.1) is 6.61 Å². The Morgan fingerprint density at radius 2 is 1.61 bits per heavy atom. The van der Waals surface area contributed by atoms with Crippen LogP contribution in [0.1, 0.15) is 68.5 Å². The van der Waals surface area contributed by atoms with E-state index in [4.69, 9.17) is 15.5 Å². The molecule has 4 nitrogen and oxygen atoms in total. The summed E-state index contributed by atoms with van der Waals surface area (Å²) in [7, 11) is 1.00. The van der Waals surface area contributed by atoms with E-state index in [1.165, 1.54) is 70.0 Å². The second-order valence-electron chi connectivity index (χ2n) is 7.82. The summed E-state index contributed by atoms with van der Waals surface area (Å²) in [5, 5.41) is 20.5. The van der Waals surface area contributed by atoms with Crippen LogP contribution in [0, 0.1) is 5.92 Å². The van der Waals surface area contributed by atoms with Gasteiger partial charge in [-0.05, 0) is 37.9 Å². The molecule has 1 unspecified atom stereocenters. The fraction of sp³-hybridized carbons (Fsp3) is 0.739. The molecule has 0 bridgehead atoms. The topological polar surface area (TPSA) is 57.8 Å². The quantitative estimate of drug-likeness (QED) is 0.701. The van der Waals surface area contributed by atoms with Crippen molar-refractivity contribution < 1.29 is 42.9 Å². The molecule has 1 saturated heterocycles. The molecule has 1 saturated carbocycles. The van der Waals surface area contributed by atoms with Crippen molar-refractivity contribution in [3.63, 3.8) is 0 Å². The molecule has 2 N–H and O–H groups in total. The number of β-amino-alcohol motifs (C(OH)–C–C–N with tert-alkyl or cyclic N) is 1. The summed E-state index contributed by atoms with van der Waals surface area (Å²) in [4.78, 5) is 2.32. The summed E-state index contributed by atoms with van der Waals surface area (Å²) in [6, 6.07) is 9.46. The van der Waals surface area contributed by atoms with E-state index >= 15 is 0 Å². The predicted molar refractivity (Wildman–Crippen MR) is 113 cm³/mol. The molecule has 1 aliphatic carbocycles. The Balaban J connectivity index is 0.000000282. The molecule has 0 spiro atoms. The minimum absolute atomic E-state index is 0. The van der Waals surface area contributed by atoms with Gasteiger partial charge in [0, 0.05) is 46.4 Å². The van der Waals surface area contributed by atoms with Crippen molar-refractivity contribution in [2.24, 2.45) is 5.92 Å². The van der Waals surface area contributed by atoms with E-state index in [2.05, 4.69) is 29.2 Å². The van der Waals surface area contributed by atoms with Gasteiger partial charge in [0.25, 0.3) is 0 Å². The molecular weight excluding hydrogens is 425 g/mol. The summed E-state index contributed by atoms with van der Waals surface area (Å²) in [5.74, 6) is 0.829. The fourth-order valence-corrected chi connectivity index (χ4v) is 4.65. The molecule has 2 aliphatic heterocycles. The van der Waals surface area contributed by atoms with Gasteiger partial charge in [-0.2, -0.15) is 0 Å². The number of rotatable bonds is 3. The SMILES string of the molecule is CO.OCCN1CCCCC1.[Y].c1ccc2c(c1)CC[N-]C2C1CCCCC1. The van der Waals surface area contributed by atoms with Crippen molar-refractivity contribution in [2.45, 2.75) is 63.8 Å². The summed E-state index contributed by atoms with van der Waals surface area (Å²) in [5.41, 5.74) is 3.08. The van der Waals surface area contributed by atoms with Crippen LogP contribution < -0.4 is 0 Å². The number of nitrogens with zero attached hydrogens (tertiary/aromatic N) is 2. The molecule has 5 heteroatoms. The first-order valence-corrected chi connectivity index (χ1v) is 10.9. The number of aliphatic hydroxyl groups is 2. The van der Waals surface area contributed by atoms with E-state index < -0.39 is 0 Å². The zero-order chi connectivity index (χ0) is 19.3. The Hall–Kier alpha value is 0.164. The van der Waals surface area contributed by atoms with E-state index in [1.807, 2.05) is 0 Å². The number of benzene rings is 1. The van der Waals surface area contributed by atoms with E-state index in [-0.39, 0.29) is 32.7 Å². The molecule has 3 aliphatic rings. The number of likely N-dealkylation sites (tertiary alicyclic amines) is 1. The van der Waals surface area contributed by atoms with Gasteiger partial charge in [-0.25, -0.2) is 0 Å². The molecule has 1 radical (unpaired) electrons. The van der Waals surface area contributed by atoms with Gasteiger partial charge in [-0.3, -0.25) is 0 Å². The van der Waals surface area contributed by atoms with Crippen LogP contribution in [0.15, 0.2) is 24.3 Å². The molecule has 1 aromatic carbocycles. The maximum absolute atomic E-state index is 8.58. The Labute approximate surface area is 197 Å². The van der Waals surface area contributed by atoms with Crippen LogP contribution in [0.4, 0.5) is 0 Å². The van der Waals surface area contributed by atoms with Crippen LogP contribution >= 0.6 is 0 Å². The average Bonchev–Trinajstić information content (AvgIpc) is 2.77. The van der Waals surface area contributed by atoms with E-state index in [0.717, 1.165) is 32.5 Å². The summed E-state index contributed by atoms with van der Waals surface area (Å²) in [6.07, 6.45) is 12.2. The van der Waals surface area contributed by atoms with Gasteiger partial charge >= 0.3 is 0 Å². The smallest absolute Gasteiger partial charge is 0.0558 e. The number of piperidine rings is 1. The second kappa shape index (κ2) is 15.9. The van der Waals surface area contributed by atoms with Gasteiger partial charge in [0.15, 0.2) is 0 Å². The number of fused-ring (bicyclic) bond motifs is 1. The minimum atomic E-state index is 0. The Morgan fingerprint density at radius 3 is 2.29 bits per heavy atom. The van der Waals surface area contributed by atoms with E-state index in [0.29, 0.717) is 12.6 Å². The van der Waals surface area contributed by atoms with E-state index in [9.17, 15) is 0 Å². The van der Waals surface area contributed by atoms with Crippen LogP contribution in [0.5, 0.6) is 0 Å². The monoisotopic (exact) mass is 464 g/mol. The fourth-order valence-electron chi connectivity index (χ4n) is 4.65. The largest absolute Gasteiger partial charge is 0.655 e. The van der Waals surface area contributed by atoms with Gasteiger partial charge in [0.2, 0.25) is 0 Å². The molecule has 2 heterocycles. The Kier molecular flexibility index (Phi) is 14.9. The third kappa shape index (κ3) is 8.49. The molecule has 4 rings (SSSR count). The third-order valence-electron chi connectivity index (χ3n) is 6.04. The first-order valence-electron chi connectivity index (χ1n) is 10.9. The molecule has 28 heavy (non-hydrogen) atoms. The van der Waals surface area contributed by atoms with Crippen molar-refractivity contribution >= 4 is 0 Å². The molecule has 2 fully saturated rings. The van der Waals surface area contributed by atoms with Crippen molar-refractivity contribution in [3.8, 4) is 0 Å². The summed E-state index contributed by atoms with van der Waals surface area (Å²) < 4.78 is 0. The van der Waals surface area contributed by atoms with E-state index in [1.54, 1.807) is 5.56 Å². The first-order chi connectivity index (χ1) is 13.4. The van der Waals surface area contributed by atoms with Gasteiger partial charge in [-0.15, -0.1) is 12.6 Å². The predicted octanol–water partition coefficient (Wildman–Crippen LogP) is 4.31. The minimum Gasteiger partial charge on any atom is -0.655 e. The molecule has 1 atom stereocenters. The van der Waals surface area contributed by atoms with Crippen molar-refractivity contribution in [1.29, 1.82) is 0 Å². The zero-order valence-electron chi connectivity index (χ0n) is 17.7. The maximum atomic E-state index is 8.58. The maximum Gasteiger partial charge on any atom is 0.0558 e. The van der Waals surface area contributed by atoms with Crippen LogP contribution in [0.2, 0.25) is 0 Å². The average molecular weight is 464 g/mol. The van der Waals surface area contributed by atoms with Gasteiger partial charge in [0.1, 0.15) is 0 Å². The Bertz CT molecular complexity index is 500. The van der Waals surface area contributed by atoms with Crippen molar-refractivity contribution in [1.82, 2.24) is 4.90 Å². The molecular formula is C23H39N2O2Y-. The van der Waals surface area contributed by atoms with Gasteiger partial charge in [-0.1, -0.05) is 74.3 Å². The number of hydrogen-bond acceptors (Lipinski definition) is 3. The molecule has 0 amide bonds. The standard InChI is InChI=1S/C15H20N.C7H15NO.CH4O.Y/c1-2-7-13(8-3-1)15-14-9-5-4-6-12(14)10-11-16-15;9-7-6-8-4-2-1-3-5-8;1-2;/h4-6,9,13,15H,1-3,7-8,10-11H2;9H,1-7H2;2H,1H3;/q-1;;;. The molecule has 0 aromatic heterocycles. The summed E-state index contributed by atoms with van der Waals surface area (Å²) in [6.45, 7) is 4.62. The normalized spacial score (nSPS) is 22.5. The van der Waals surface area contributed by atoms with Gasteiger partial charge < -0.3 is 20.4 Å². The van der Waals surface area contributed by atoms with Crippen molar-refractivity contribution in [2.75, 3.05) is 39.9 Å². The molecule has 157 valence electrons. The first kappa shape index (κ1) is 26.2. The van der Waals surface area contributed by atoms with Crippen LogP contribution in [0.3, 0.4) is 0 Å². The third-order valence-corrected chi connectivity index (χ3v) is 6.04. The summed E-state index contributed by atoms with van der Waals surface area (Å²) >= 11 is 0. The van der Waals surface area contributed by atoms with Crippen LogP contribution in [-0.4, -0.2) is 55.0 Å². The second-order valence-corrected chi connectivity index (χ2v) is 7.82. The molecule has 1 aromatic rings. The van der Waals surface area contributed by atoms with Crippen LogP contribution in [0.25, 0.3) is 5.32 Å². The van der Waals surface area contributed by atoms with Crippen LogP contribution in [-0.2, 0) is 39.1 Å². The number of aliphatic hydroxyl groups excluding tert-OH is 2. The zero-order valence-corrected chi connectivity index (χ0v) is 20.6.